The van der Waals surface area contributed by atoms with E-state index >= 15 is 0 Å². The van der Waals surface area contributed by atoms with Gasteiger partial charge in [-0.05, 0) is 24.6 Å². The van der Waals surface area contributed by atoms with Crippen molar-refractivity contribution in [3.05, 3.63) is 41.8 Å². The second-order valence-corrected chi connectivity index (χ2v) is 4.60. The summed E-state index contributed by atoms with van der Waals surface area (Å²) < 4.78 is 14.7. The van der Waals surface area contributed by atoms with Crippen molar-refractivity contribution in [2.75, 3.05) is 5.73 Å². The minimum atomic E-state index is -1.26. The van der Waals surface area contributed by atoms with Crippen LogP contribution in [-0.4, -0.2) is 26.0 Å². The molecule has 0 fully saturated rings. The van der Waals surface area contributed by atoms with E-state index in [1.54, 1.807) is 25.1 Å². The van der Waals surface area contributed by atoms with Gasteiger partial charge < -0.3 is 10.8 Å². The van der Waals surface area contributed by atoms with E-state index in [0.29, 0.717) is 16.6 Å². The van der Waals surface area contributed by atoms with Gasteiger partial charge in [0.1, 0.15) is 11.3 Å². The average molecular weight is 286 g/mol. The third-order valence-corrected chi connectivity index (χ3v) is 3.25. The minimum absolute atomic E-state index is 0.0602. The van der Waals surface area contributed by atoms with Gasteiger partial charge in [0, 0.05) is 10.9 Å². The highest BCUT2D eigenvalue weighted by Gasteiger charge is 2.16. The van der Waals surface area contributed by atoms with E-state index in [0.717, 1.165) is 10.2 Å². The van der Waals surface area contributed by atoms with Gasteiger partial charge in [0.25, 0.3) is 0 Å². The van der Waals surface area contributed by atoms with Crippen molar-refractivity contribution in [1.29, 1.82) is 0 Å². The van der Waals surface area contributed by atoms with E-state index in [1.165, 1.54) is 12.3 Å². The number of carbonyl (C=O) groups is 1. The largest absolute Gasteiger partial charge is 0.463 e. The van der Waals surface area contributed by atoms with Gasteiger partial charge in [0.2, 0.25) is 0 Å². The van der Waals surface area contributed by atoms with E-state index < -0.39 is 11.9 Å². The van der Waals surface area contributed by atoms with Crippen LogP contribution >= 0.6 is 0 Å². The molecule has 2 heterocycles. The molecule has 0 aliphatic rings. The van der Waals surface area contributed by atoms with Crippen LogP contribution in [0.4, 0.5) is 15.0 Å². The van der Waals surface area contributed by atoms with E-state index in [2.05, 4.69) is 10.1 Å². The lowest BCUT2D eigenvalue weighted by Gasteiger charge is -2.06. The number of anilines is 1. The number of rotatable bonds is 1. The van der Waals surface area contributed by atoms with Gasteiger partial charge in [-0.15, -0.1) is 5.10 Å². The van der Waals surface area contributed by atoms with Crippen molar-refractivity contribution in [2.24, 2.45) is 0 Å². The number of hydrogen-bond donors (Lipinski definition) is 2. The number of hydrogen-bond acceptors (Lipinski definition) is 4. The summed E-state index contributed by atoms with van der Waals surface area (Å²) in [6.45, 7) is 1.77. The molecule has 0 saturated heterocycles. The Morgan fingerprint density at radius 3 is 2.86 bits per heavy atom. The van der Waals surface area contributed by atoms with Crippen LogP contribution in [0.25, 0.3) is 22.2 Å². The Morgan fingerprint density at radius 2 is 2.19 bits per heavy atom. The maximum absolute atomic E-state index is 14.0. The third-order valence-electron chi connectivity index (χ3n) is 3.25. The third kappa shape index (κ3) is 1.99. The molecule has 0 aliphatic carbocycles. The highest BCUT2D eigenvalue weighted by molar-refractivity contribution is 5.95. The van der Waals surface area contributed by atoms with Crippen LogP contribution in [0.3, 0.4) is 0 Å². The fraction of sp³-hybridized carbons (Fsp3) is 0.0714. The molecule has 0 bridgehead atoms. The van der Waals surface area contributed by atoms with Crippen molar-refractivity contribution in [1.82, 2.24) is 14.8 Å². The predicted octanol–water partition coefficient (Wildman–Crippen LogP) is 2.65. The number of halogens is 1. The number of aryl methyl sites for hydroxylation is 1. The van der Waals surface area contributed by atoms with Crippen molar-refractivity contribution < 1.29 is 14.3 Å². The molecular weight excluding hydrogens is 275 g/mol. The molecule has 3 aromatic rings. The fourth-order valence-corrected chi connectivity index (χ4v) is 2.28. The zero-order valence-electron chi connectivity index (χ0n) is 11.0. The molecule has 2 aromatic heterocycles. The number of nitrogens with zero attached hydrogens (tertiary/aromatic N) is 3. The standard InChI is InChI=1S/C14H11FN4O2/c1-7-3-2-4-9(15)12(7)10-5-8-11(6-17-10)19(14(20)21)18-13(8)16/h2-6H,1H3,(H2,16,18)(H,20,21). The molecule has 3 rings (SSSR count). The number of carboxylic acid groups (broad SMARTS) is 1. The number of nitrogens with two attached hydrogens (primary N) is 1. The lowest BCUT2D eigenvalue weighted by molar-refractivity contribution is 0.194. The van der Waals surface area contributed by atoms with Gasteiger partial charge >= 0.3 is 6.09 Å². The molecule has 0 radical (unpaired) electrons. The van der Waals surface area contributed by atoms with Crippen molar-refractivity contribution in [2.45, 2.75) is 6.92 Å². The van der Waals surface area contributed by atoms with Crippen LogP contribution in [0, 0.1) is 12.7 Å². The Hall–Kier alpha value is -2.96. The van der Waals surface area contributed by atoms with Gasteiger partial charge in [-0.25, -0.2) is 9.18 Å². The van der Waals surface area contributed by atoms with Gasteiger partial charge in [0.05, 0.1) is 11.9 Å². The van der Waals surface area contributed by atoms with Gasteiger partial charge in [0.15, 0.2) is 5.82 Å². The average Bonchev–Trinajstić information content (AvgIpc) is 2.76. The SMILES string of the molecule is Cc1cccc(F)c1-c1cc2c(N)nn(C(=O)O)c2cn1. The Kier molecular flexibility index (Phi) is 2.83. The molecule has 6 nitrogen and oxygen atoms in total. The normalized spacial score (nSPS) is 11.0. The van der Waals surface area contributed by atoms with Crippen LogP contribution in [0.15, 0.2) is 30.5 Å². The van der Waals surface area contributed by atoms with Crippen molar-refractivity contribution in [3.8, 4) is 11.3 Å². The summed E-state index contributed by atoms with van der Waals surface area (Å²) in [7, 11) is 0. The number of fused-ring (bicyclic) bond motifs is 1. The monoisotopic (exact) mass is 286 g/mol. The maximum Gasteiger partial charge on any atom is 0.432 e. The van der Waals surface area contributed by atoms with E-state index in [9.17, 15) is 9.18 Å². The van der Waals surface area contributed by atoms with Crippen LogP contribution < -0.4 is 5.73 Å². The summed E-state index contributed by atoms with van der Waals surface area (Å²) in [6, 6.07) is 6.28. The Balaban J connectivity index is 2.28. The van der Waals surface area contributed by atoms with Gasteiger partial charge in [-0.1, -0.05) is 12.1 Å². The minimum Gasteiger partial charge on any atom is -0.463 e. The van der Waals surface area contributed by atoms with E-state index in [-0.39, 0.29) is 11.3 Å². The lowest BCUT2D eigenvalue weighted by atomic mass is 10.0. The topological polar surface area (TPSA) is 94.0 Å². The summed E-state index contributed by atoms with van der Waals surface area (Å²) in [5, 5.41) is 13.2. The summed E-state index contributed by atoms with van der Waals surface area (Å²) in [5.41, 5.74) is 7.46. The lowest BCUT2D eigenvalue weighted by Crippen LogP contribution is -2.09. The molecule has 0 atom stereocenters. The van der Waals surface area contributed by atoms with E-state index in [1.807, 2.05) is 0 Å². The first-order chi connectivity index (χ1) is 9.99. The first-order valence-corrected chi connectivity index (χ1v) is 6.12. The molecule has 1 aromatic carbocycles. The molecule has 0 saturated carbocycles. The zero-order valence-corrected chi connectivity index (χ0v) is 11.0. The molecule has 21 heavy (non-hydrogen) atoms. The first kappa shape index (κ1) is 13.0. The quantitative estimate of drug-likeness (QED) is 0.717. The van der Waals surface area contributed by atoms with Crippen LogP contribution in [0.5, 0.6) is 0 Å². The second kappa shape index (κ2) is 4.55. The zero-order chi connectivity index (χ0) is 15.1. The summed E-state index contributed by atoms with van der Waals surface area (Å²) in [5.74, 6) is -0.337. The maximum atomic E-state index is 14.0. The Morgan fingerprint density at radius 1 is 1.43 bits per heavy atom. The highest BCUT2D eigenvalue weighted by atomic mass is 19.1. The number of benzene rings is 1. The second-order valence-electron chi connectivity index (χ2n) is 4.60. The molecule has 0 unspecified atom stereocenters. The molecule has 106 valence electrons. The summed E-state index contributed by atoms with van der Waals surface area (Å²) in [6.07, 6.45) is 0.0712. The molecule has 0 amide bonds. The van der Waals surface area contributed by atoms with E-state index in [4.69, 9.17) is 10.8 Å². The number of aromatic nitrogens is 3. The van der Waals surface area contributed by atoms with Crippen LogP contribution in [0.2, 0.25) is 0 Å². The molecule has 3 N–H and O–H groups in total. The van der Waals surface area contributed by atoms with Gasteiger partial charge in [-0.2, -0.15) is 4.68 Å². The molecule has 0 aliphatic heterocycles. The smallest absolute Gasteiger partial charge is 0.432 e. The fourth-order valence-electron chi connectivity index (χ4n) is 2.28. The Bertz CT molecular complexity index is 853. The Labute approximate surface area is 118 Å². The van der Waals surface area contributed by atoms with Gasteiger partial charge in [-0.3, -0.25) is 4.98 Å². The predicted molar refractivity (Wildman–Crippen MR) is 75.5 cm³/mol. The number of pyridine rings is 1. The first-order valence-electron chi connectivity index (χ1n) is 6.12. The van der Waals surface area contributed by atoms with Crippen molar-refractivity contribution in [3.63, 3.8) is 0 Å². The van der Waals surface area contributed by atoms with Crippen LogP contribution in [-0.2, 0) is 0 Å². The van der Waals surface area contributed by atoms with Crippen molar-refractivity contribution >= 4 is 22.8 Å². The number of nitrogen functional groups attached to an aromatic ring is 1. The summed E-state index contributed by atoms with van der Waals surface area (Å²) >= 11 is 0. The van der Waals surface area contributed by atoms with Crippen LogP contribution in [0.1, 0.15) is 5.56 Å². The molecule has 0 spiro atoms. The summed E-state index contributed by atoms with van der Waals surface area (Å²) in [4.78, 5) is 15.2. The molecule has 7 heteroatoms. The highest BCUT2D eigenvalue weighted by Crippen LogP contribution is 2.29. The molecular formula is C14H11FN4O2.